The Morgan fingerprint density at radius 1 is 1.17 bits per heavy atom. The fraction of sp³-hybridized carbons (Fsp3) is 0.375. The molecule has 1 aliphatic carbocycles. The predicted octanol–water partition coefficient (Wildman–Crippen LogP) is 3.93. The molecular formula is C24H25F4N3O4. The van der Waals surface area contributed by atoms with Gasteiger partial charge in [-0.2, -0.15) is 8.78 Å². The summed E-state index contributed by atoms with van der Waals surface area (Å²) in [5.41, 5.74) is 12.0. The van der Waals surface area contributed by atoms with Crippen molar-refractivity contribution < 1.29 is 36.6 Å². The van der Waals surface area contributed by atoms with Crippen molar-refractivity contribution in [2.24, 2.45) is 17.4 Å². The highest BCUT2D eigenvalue weighted by molar-refractivity contribution is 5.92. The molecule has 0 saturated heterocycles. The first-order valence-electron chi connectivity index (χ1n) is 11.0. The maximum atomic E-state index is 14.5. The van der Waals surface area contributed by atoms with Gasteiger partial charge in [0.05, 0.1) is 12.6 Å². The average Bonchev–Trinajstić information content (AvgIpc) is 3.53. The molecule has 1 fully saturated rings. The van der Waals surface area contributed by atoms with E-state index >= 15 is 0 Å². The summed E-state index contributed by atoms with van der Waals surface area (Å²) < 4.78 is 70.0. The minimum Gasteiger partial charge on any atom is -0.489 e. The van der Waals surface area contributed by atoms with Crippen LogP contribution in [0.25, 0.3) is 0 Å². The topological polar surface area (TPSA) is 100 Å². The normalized spacial score (nSPS) is 18.6. The van der Waals surface area contributed by atoms with Gasteiger partial charge in [0.1, 0.15) is 23.1 Å². The molecule has 4 rings (SSSR count). The number of nitrogens with zero attached hydrogens (tertiary/aromatic N) is 1. The summed E-state index contributed by atoms with van der Waals surface area (Å²) >= 11 is 0. The minimum absolute atomic E-state index is 0.0675. The van der Waals surface area contributed by atoms with Gasteiger partial charge in [-0.1, -0.05) is 6.07 Å². The maximum absolute atomic E-state index is 14.5. The Labute approximate surface area is 199 Å². The molecule has 2 aromatic carbocycles. The van der Waals surface area contributed by atoms with E-state index in [2.05, 4.69) is 4.74 Å². The van der Waals surface area contributed by atoms with Crippen molar-refractivity contribution in [3.63, 3.8) is 0 Å². The van der Waals surface area contributed by atoms with Gasteiger partial charge in [0.25, 0.3) is 5.91 Å². The number of rotatable bonds is 10. The monoisotopic (exact) mass is 495 g/mol. The van der Waals surface area contributed by atoms with Gasteiger partial charge in [-0.25, -0.2) is 8.78 Å². The van der Waals surface area contributed by atoms with E-state index in [1.54, 1.807) is 6.92 Å². The van der Waals surface area contributed by atoms with Crippen LogP contribution in [-0.2, 0) is 16.1 Å². The molecule has 11 heteroatoms. The van der Waals surface area contributed by atoms with Crippen molar-refractivity contribution in [2.75, 3.05) is 6.61 Å². The lowest BCUT2D eigenvalue weighted by Gasteiger charge is -2.28. The number of benzene rings is 2. The zero-order chi connectivity index (χ0) is 25.3. The molecule has 4 N–H and O–H groups in total. The van der Waals surface area contributed by atoms with Gasteiger partial charge in [0.2, 0.25) is 0 Å². The average molecular weight is 495 g/mol. The smallest absolute Gasteiger partial charge is 0.387 e. The summed E-state index contributed by atoms with van der Waals surface area (Å²) in [4.78, 5) is 13.8. The zero-order valence-electron chi connectivity index (χ0n) is 18.8. The Kier molecular flexibility index (Phi) is 7.06. The van der Waals surface area contributed by atoms with E-state index in [1.807, 2.05) is 0 Å². The Morgan fingerprint density at radius 3 is 2.51 bits per heavy atom. The SMILES string of the molecule is CC(N)C1=C(C(N)=O)N(Cc2ccc(F)cc2F)[C@H](c2ccc(OC(F)F)c(OCC3CC3)c2)O1. The molecule has 2 aliphatic rings. The van der Waals surface area contributed by atoms with Crippen LogP contribution in [0.15, 0.2) is 47.9 Å². The third kappa shape index (κ3) is 5.61. The van der Waals surface area contributed by atoms with E-state index in [1.165, 1.54) is 29.2 Å². The second-order valence-corrected chi connectivity index (χ2v) is 8.54. The molecule has 1 unspecified atom stereocenters. The van der Waals surface area contributed by atoms with Gasteiger partial charge in [-0.15, -0.1) is 0 Å². The number of halogens is 4. The third-order valence-corrected chi connectivity index (χ3v) is 5.69. The predicted molar refractivity (Wildman–Crippen MR) is 117 cm³/mol. The molecule has 1 aliphatic heterocycles. The zero-order valence-corrected chi connectivity index (χ0v) is 18.8. The molecule has 0 aromatic heterocycles. The van der Waals surface area contributed by atoms with Gasteiger partial charge in [-0.3, -0.25) is 4.79 Å². The molecule has 0 radical (unpaired) electrons. The number of carbonyl (C=O) groups excluding carboxylic acids is 1. The number of amides is 1. The summed E-state index contributed by atoms with van der Waals surface area (Å²) in [6, 6.07) is 6.54. The number of ether oxygens (including phenoxy) is 3. The quantitative estimate of drug-likeness (QED) is 0.485. The highest BCUT2D eigenvalue weighted by atomic mass is 19.3. The standard InChI is InChI=1S/C24H25F4N3O4/c1-12(29)21-20(22(30)32)31(10-15-4-6-16(25)9-17(15)26)23(35-21)14-5-7-18(34-24(27)28)19(8-14)33-11-13-2-3-13/h4-9,12-13,23-24H,2-3,10-11,29H2,1H3,(H2,30,32)/t12?,23-/m0/s1. The highest BCUT2D eigenvalue weighted by Crippen LogP contribution is 2.42. The van der Waals surface area contributed by atoms with Crippen LogP contribution in [0.3, 0.4) is 0 Å². The molecule has 0 bridgehead atoms. The fourth-order valence-corrected chi connectivity index (χ4v) is 3.80. The number of nitrogens with two attached hydrogens (primary N) is 2. The Bertz CT molecular complexity index is 1140. The highest BCUT2D eigenvalue weighted by Gasteiger charge is 2.39. The number of alkyl halides is 2. The summed E-state index contributed by atoms with van der Waals surface area (Å²) in [7, 11) is 0. The second kappa shape index (κ2) is 10.0. The van der Waals surface area contributed by atoms with E-state index in [9.17, 15) is 22.4 Å². The van der Waals surface area contributed by atoms with Gasteiger partial charge < -0.3 is 30.6 Å². The van der Waals surface area contributed by atoms with E-state index in [4.69, 9.17) is 20.9 Å². The first-order valence-corrected chi connectivity index (χ1v) is 11.0. The van der Waals surface area contributed by atoms with Crippen LogP contribution in [0.4, 0.5) is 17.6 Å². The van der Waals surface area contributed by atoms with Crippen LogP contribution in [0.5, 0.6) is 11.5 Å². The minimum atomic E-state index is -3.06. The van der Waals surface area contributed by atoms with E-state index < -0.39 is 36.4 Å². The summed E-state index contributed by atoms with van der Waals surface area (Å²) in [6.07, 6.45) is 0.945. The summed E-state index contributed by atoms with van der Waals surface area (Å²) in [5, 5.41) is 0. The van der Waals surface area contributed by atoms with Gasteiger partial charge >= 0.3 is 6.61 Å². The fourth-order valence-electron chi connectivity index (χ4n) is 3.80. The van der Waals surface area contributed by atoms with E-state index in [-0.39, 0.29) is 35.1 Å². The summed E-state index contributed by atoms with van der Waals surface area (Å²) in [5.74, 6) is -2.10. The van der Waals surface area contributed by atoms with Gasteiger partial charge in [0.15, 0.2) is 17.7 Å². The molecule has 7 nitrogen and oxygen atoms in total. The van der Waals surface area contributed by atoms with Crippen LogP contribution < -0.4 is 20.9 Å². The molecule has 35 heavy (non-hydrogen) atoms. The number of primary amides is 1. The number of hydrogen-bond acceptors (Lipinski definition) is 6. The van der Waals surface area contributed by atoms with Crippen molar-refractivity contribution in [2.45, 2.75) is 45.2 Å². The lowest BCUT2D eigenvalue weighted by atomic mass is 10.1. The summed E-state index contributed by atoms with van der Waals surface area (Å²) in [6.45, 7) is -1.35. The van der Waals surface area contributed by atoms with Crippen molar-refractivity contribution in [1.29, 1.82) is 0 Å². The first kappa shape index (κ1) is 24.6. The number of carbonyl (C=O) groups is 1. The molecule has 0 spiro atoms. The van der Waals surface area contributed by atoms with Crippen LogP contribution in [0.1, 0.15) is 37.1 Å². The van der Waals surface area contributed by atoms with Crippen LogP contribution in [0, 0.1) is 17.6 Å². The van der Waals surface area contributed by atoms with Crippen molar-refractivity contribution >= 4 is 5.91 Å². The second-order valence-electron chi connectivity index (χ2n) is 8.54. The van der Waals surface area contributed by atoms with E-state index in [0.717, 1.165) is 25.0 Å². The van der Waals surface area contributed by atoms with Gasteiger partial charge in [0, 0.05) is 23.7 Å². The van der Waals surface area contributed by atoms with Crippen LogP contribution in [-0.4, -0.2) is 30.1 Å². The molecule has 1 heterocycles. The first-order chi connectivity index (χ1) is 16.6. The lowest BCUT2D eigenvalue weighted by Crippen LogP contribution is -2.32. The van der Waals surface area contributed by atoms with E-state index in [0.29, 0.717) is 18.1 Å². The Balaban J connectivity index is 1.72. The molecule has 1 amide bonds. The molecule has 188 valence electrons. The largest absolute Gasteiger partial charge is 0.489 e. The molecular weight excluding hydrogens is 470 g/mol. The Hall–Kier alpha value is -3.47. The molecule has 2 atom stereocenters. The maximum Gasteiger partial charge on any atom is 0.387 e. The van der Waals surface area contributed by atoms with Crippen LogP contribution >= 0.6 is 0 Å². The third-order valence-electron chi connectivity index (χ3n) is 5.69. The van der Waals surface area contributed by atoms with Gasteiger partial charge in [-0.05, 0) is 49.9 Å². The number of hydrogen-bond donors (Lipinski definition) is 2. The Morgan fingerprint density at radius 2 is 1.91 bits per heavy atom. The van der Waals surface area contributed by atoms with Crippen LogP contribution in [0.2, 0.25) is 0 Å². The lowest BCUT2D eigenvalue weighted by molar-refractivity contribution is -0.116. The van der Waals surface area contributed by atoms with Crippen molar-refractivity contribution in [3.05, 3.63) is 70.6 Å². The van der Waals surface area contributed by atoms with Crippen molar-refractivity contribution in [3.8, 4) is 11.5 Å². The molecule has 2 aromatic rings. The molecule has 1 saturated carbocycles. The van der Waals surface area contributed by atoms with Crippen molar-refractivity contribution in [1.82, 2.24) is 4.90 Å².